The molecule has 162 valence electrons. The van der Waals surface area contributed by atoms with Crippen LogP contribution in [0.25, 0.3) is 10.9 Å². The van der Waals surface area contributed by atoms with Crippen LogP contribution in [0, 0.1) is 0 Å². The highest BCUT2D eigenvalue weighted by Gasteiger charge is 2.41. The summed E-state index contributed by atoms with van der Waals surface area (Å²) < 4.78 is 0. The molecule has 30 heavy (non-hydrogen) atoms. The molecule has 2 aromatic rings. The third-order valence-electron chi connectivity index (χ3n) is 7.15. The number of hydrogen-bond donors (Lipinski definition) is 2. The molecule has 1 fully saturated rings. The van der Waals surface area contributed by atoms with Crippen LogP contribution in [-0.4, -0.2) is 65.4 Å². The van der Waals surface area contributed by atoms with E-state index in [-0.39, 0.29) is 17.9 Å². The molecule has 1 saturated heterocycles. The largest absolute Gasteiger partial charge is 0.358 e. The van der Waals surface area contributed by atoms with Crippen LogP contribution in [0.3, 0.4) is 0 Å². The number of urea groups is 1. The number of aromatic amines is 1. The number of likely N-dealkylation sites (tertiary alicyclic amines) is 1. The molecule has 0 saturated carbocycles. The lowest BCUT2D eigenvalue weighted by Crippen LogP contribution is -2.56. The van der Waals surface area contributed by atoms with Crippen LogP contribution in [0.1, 0.15) is 67.2 Å². The summed E-state index contributed by atoms with van der Waals surface area (Å²) in [6.45, 7) is 10.1. The van der Waals surface area contributed by atoms with Crippen molar-refractivity contribution >= 4 is 22.7 Å². The lowest BCUT2D eigenvalue weighted by atomic mass is 9.73. The van der Waals surface area contributed by atoms with Gasteiger partial charge in [0.25, 0.3) is 0 Å². The number of carbonyl (C=O) groups excluding carboxylic acids is 2. The Kier molecular flexibility index (Phi) is 5.62. The quantitative estimate of drug-likeness (QED) is 0.739. The van der Waals surface area contributed by atoms with E-state index >= 15 is 0 Å². The first-order valence-corrected chi connectivity index (χ1v) is 11.3. The molecule has 2 aliphatic rings. The molecule has 2 heterocycles. The van der Waals surface area contributed by atoms with Gasteiger partial charge < -0.3 is 20.1 Å². The Bertz CT molecular complexity index is 975. The molecule has 2 N–H and O–H groups in total. The zero-order valence-corrected chi connectivity index (χ0v) is 18.8. The summed E-state index contributed by atoms with van der Waals surface area (Å²) in [6.07, 6.45) is 2.89. The summed E-state index contributed by atoms with van der Waals surface area (Å²) in [6, 6.07) is 4.64. The number of H-pyrrole nitrogens is 1. The Morgan fingerprint density at radius 3 is 2.60 bits per heavy atom. The minimum Gasteiger partial charge on any atom is -0.358 e. The van der Waals surface area contributed by atoms with Crippen LogP contribution < -0.4 is 5.32 Å². The predicted octanol–water partition coefficient (Wildman–Crippen LogP) is 3.70. The first-order chi connectivity index (χ1) is 14.4. The number of rotatable bonds is 5. The fourth-order valence-electron chi connectivity index (χ4n) is 5.56. The van der Waals surface area contributed by atoms with Crippen LogP contribution in [0.15, 0.2) is 12.1 Å². The fraction of sp³-hybridized carbons (Fsp3) is 0.583. The second-order valence-corrected chi connectivity index (χ2v) is 8.85. The zero-order valence-electron chi connectivity index (χ0n) is 18.8. The number of hydrogen-bond acceptors (Lipinski definition) is 3. The number of nitrogens with zero attached hydrogens (tertiary/aromatic N) is 2. The van der Waals surface area contributed by atoms with E-state index in [1.807, 2.05) is 24.8 Å². The van der Waals surface area contributed by atoms with Crippen molar-refractivity contribution in [2.75, 3.05) is 26.7 Å². The summed E-state index contributed by atoms with van der Waals surface area (Å²) in [5.74, 6) is 0.403. The first-order valence-electron chi connectivity index (χ1n) is 11.3. The van der Waals surface area contributed by atoms with Crippen molar-refractivity contribution in [2.45, 2.75) is 65.0 Å². The monoisotopic (exact) mass is 410 g/mol. The summed E-state index contributed by atoms with van der Waals surface area (Å²) >= 11 is 0. The highest BCUT2D eigenvalue weighted by Crippen LogP contribution is 2.45. The molecule has 0 radical (unpaired) electrons. The van der Waals surface area contributed by atoms with Gasteiger partial charge in [0.2, 0.25) is 0 Å². The van der Waals surface area contributed by atoms with E-state index in [0.29, 0.717) is 25.0 Å². The molecule has 4 rings (SSSR count). The zero-order chi connectivity index (χ0) is 21.6. The standard InChI is InChI=1S/C24H34N4O2/c1-6-20-19-12-22-17(18-9-15(14(4)29)10-21(26-20)23(18)19)11-16(13-27(22)5)25-24(30)28(7-2)8-3/h9-10,16-17,22,26H,6-8,11-13H2,1-5H3,(H,25,30)/t16-,17+,22+/m0/s1. The van der Waals surface area contributed by atoms with Gasteiger partial charge in [-0.3, -0.25) is 4.79 Å². The number of likely N-dealkylation sites (N-methyl/N-ethyl adjacent to an activating group) is 1. The maximum atomic E-state index is 12.7. The molecule has 1 aromatic heterocycles. The van der Waals surface area contributed by atoms with Gasteiger partial charge >= 0.3 is 6.03 Å². The van der Waals surface area contributed by atoms with Crippen LogP contribution in [0.5, 0.6) is 0 Å². The number of nitrogens with one attached hydrogen (secondary N) is 2. The van der Waals surface area contributed by atoms with Gasteiger partial charge in [-0.05, 0) is 70.3 Å². The molecule has 6 heteroatoms. The molecule has 0 unspecified atom stereocenters. The average Bonchev–Trinajstić information content (AvgIpc) is 3.08. The van der Waals surface area contributed by atoms with E-state index in [9.17, 15) is 9.59 Å². The van der Waals surface area contributed by atoms with Gasteiger partial charge in [0.05, 0.1) is 0 Å². The van der Waals surface area contributed by atoms with E-state index < -0.39 is 0 Å². The molecule has 2 amide bonds. The minimum absolute atomic E-state index is 0.0193. The lowest BCUT2D eigenvalue weighted by molar-refractivity contribution is 0.101. The Hall–Kier alpha value is -2.34. The minimum atomic E-state index is 0.0193. The number of aryl methyl sites for hydroxylation is 1. The van der Waals surface area contributed by atoms with Crippen molar-refractivity contribution in [3.63, 3.8) is 0 Å². The number of aromatic nitrogens is 1. The van der Waals surface area contributed by atoms with Crippen molar-refractivity contribution in [1.82, 2.24) is 20.1 Å². The lowest BCUT2D eigenvalue weighted by Gasteiger charge is -2.46. The van der Waals surface area contributed by atoms with Crippen molar-refractivity contribution in [3.05, 3.63) is 34.5 Å². The molecule has 1 aromatic carbocycles. The summed E-state index contributed by atoms with van der Waals surface area (Å²) in [5.41, 5.74) is 5.83. The third kappa shape index (κ3) is 3.41. The fourth-order valence-corrected chi connectivity index (χ4v) is 5.56. The van der Waals surface area contributed by atoms with Gasteiger partial charge in [-0.25, -0.2) is 4.79 Å². The molecule has 0 bridgehead atoms. The van der Waals surface area contributed by atoms with E-state index in [1.54, 1.807) is 6.92 Å². The second-order valence-electron chi connectivity index (χ2n) is 8.85. The Balaban J connectivity index is 1.72. The summed E-state index contributed by atoms with van der Waals surface area (Å²) in [7, 11) is 2.17. The van der Waals surface area contributed by atoms with Gasteiger partial charge in [0, 0.05) is 59.8 Å². The Morgan fingerprint density at radius 1 is 1.23 bits per heavy atom. The number of ketones is 1. The van der Waals surface area contributed by atoms with Crippen LogP contribution in [0.4, 0.5) is 4.79 Å². The van der Waals surface area contributed by atoms with Crippen LogP contribution in [-0.2, 0) is 12.8 Å². The van der Waals surface area contributed by atoms with Crippen LogP contribution >= 0.6 is 0 Å². The first kappa shape index (κ1) is 20.9. The average molecular weight is 411 g/mol. The highest BCUT2D eigenvalue weighted by molar-refractivity contribution is 6.00. The SMILES string of the molecule is CCc1[nH]c2cc(C(C)=O)cc3c2c1C[C@@H]1[C@@H]3C[C@H](NC(=O)N(CC)CC)CN1C. The van der Waals surface area contributed by atoms with Gasteiger partial charge in [-0.1, -0.05) is 6.92 Å². The number of amides is 2. The summed E-state index contributed by atoms with van der Waals surface area (Å²) in [4.78, 5) is 32.7. The second kappa shape index (κ2) is 8.06. The molecule has 1 aliphatic heterocycles. The maximum absolute atomic E-state index is 12.7. The van der Waals surface area contributed by atoms with Crippen molar-refractivity contribution in [1.29, 1.82) is 0 Å². The van der Waals surface area contributed by atoms with Gasteiger partial charge in [0.1, 0.15) is 0 Å². The molecule has 0 spiro atoms. The number of piperidine rings is 1. The maximum Gasteiger partial charge on any atom is 0.317 e. The number of Topliss-reactive ketones (excluding diaryl/α,β-unsaturated/α-hetero) is 1. The number of benzene rings is 1. The van der Waals surface area contributed by atoms with E-state index in [1.165, 1.54) is 22.2 Å². The van der Waals surface area contributed by atoms with Crippen molar-refractivity contribution in [2.24, 2.45) is 0 Å². The Labute approximate surface area is 179 Å². The number of carbonyl (C=O) groups is 2. The topological polar surface area (TPSA) is 68.4 Å². The van der Waals surface area contributed by atoms with Crippen LogP contribution in [0.2, 0.25) is 0 Å². The van der Waals surface area contributed by atoms with E-state index in [4.69, 9.17) is 0 Å². The van der Waals surface area contributed by atoms with Crippen molar-refractivity contribution < 1.29 is 9.59 Å². The van der Waals surface area contributed by atoms with Gasteiger partial charge in [-0.2, -0.15) is 0 Å². The normalized spacial score (nSPS) is 23.3. The predicted molar refractivity (Wildman–Crippen MR) is 120 cm³/mol. The third-order valence-corrected chi connectivity index (χ3v) is 7.15. The molecule has 6 nitrogen and oxygen atoms in total. The Morgan fingerprint density at radius 2 is 1.97 bits per heavy atom. The molecular weight excluding hydrogens is 376 g/mol. The van der Waals surface area contributed by atoms with Gasteiger partial charge in [-0.15, -0.1) is 0 Å². The van der Waals surface area contributed by atoms with E-state index in [2.05, 4.69) is 35.2 Å². The molecule has 1 aliphatic carbocycles. The summed E-state index contributed by atoms with van der Waals surface area (Å²) in [5, 5.41) is 4.57. The van der Waals surface area contributed by atoms with Crippen molar-refractivity contribution in [3.8, 4) is 0 Å². The highest BCUT2D eigenvalue weighted by atomic mass is 16.2. The smallest absolute Gasteiger partial charge is 0.317 e. The van der Waals surface area contributed by atoms with Gasteiger partial charge in [0.15, 0.2) is 5.78 Å². The van der Waals surface area contributed by atoms with E-state index in [0.717, 1.165) is 36.9 Å². The molecular formula is C24H34N4O2. The number of fused-ring (bicyclic) bond motifs is 2. The molecule has 3 atom stereocenters.